The maximum atomic E-state index is 11.4. The van der Waals surface area contributed by atoms with Crippen molar-refractivity contribution in [3.63, 3.8) is 0 Å². The molecule has 0 saturated heterocycles. The highest BCUT2D eigenvalue weighted by Crippen LogP contribution is 2.24. The van der Waals surface area contributed by atoms with Crippen molar-refractivity contribution in [2.45, 2.75) is 6.92 Å². The lowest BCUT2D eigenvalue weighted by atomic mass is 10.5. The van der Waals surface area contributed by atoms with E-state index < -0.39 is 4.92 Å². The van der Waals surface area contributed by atoms with Crippen LogP contribution in [-0.2, 0) is 4.79 Å². The van der Waals surface area contributed by atoms with Gasteiger partial charge in [-0.15, -0.1) is 0 Å². The van der Waals surface area contributed by atoms with Crippen molar-refractivity contribution in [3.8, 4) is 0 Å². The van der Waals surface area contributed by atoms with Crippen LogP contribution >= 0.6 is 11.3 Å². The maximum absolute atomic E-state index is 11.4. The molecule has 0 aromatic carbocycles. The molecule has 0 aliphatic carbocycles. The zero-order valence-corrected chi connectivity index (χ0v) is 9.78. The fourth-order valence-corrected chi connectivity index (χ4v) is 1.52. The molecule has 0 fully saturated rings. The van der Waals surface area contributed by atoms with Crippen LogP contribution < -0.4 is 5.32 Å². The Morgan fingerprint density at radius 1 is 1.75 bits per heavy atom. The minimum atomic E-state index is -0.511. The Bertz CT molecular complexity index is 392. The first-order valence-electron chi connectivity index (χ1n) is 4.62. The molecule has 0 aliphatic rings. The Hall–Kier alpha value is -1.70. The lowest BCUT2D eigenvalue weighted by molar-refractivity contribution is -0.380. The molecule has 88 valence electrons. The molecule has 0 bridgehead atoms. The van der Waals surface area contributed by atoms with E-state index in [4.69, 9.17) is 0 Å². The van der Waals surface area contributed by atoms with E-state index in [2.05, 4.69) is 10.3 Å². The van der Waals surface area contributed by atoms with E-state index in [0.29, 0.717) is 11.7 Å². The third-order valence-electron chi connectivity index (χ3n) is 1.96. The van der Waals surface area contributed by atoms with E-state index >= 15 is 0 Å². The van der Waals surface area contributed by atoms with Crippen LogP contribution in [0.25, 0.3) is 0 Å². The second-order valence-electron chi connectivity index (χ2n) is 3.02. The fourth-order valence-electron chi connectivity index (χ4n) is 0.894. The lowest BCUT2D eigenvalue weighted by Gasteiger charge is -2.13. The summed E-state index contributed by atoms with van der Waals surface area (Å²) in [6.07, 6.45) is 1.17. The van der Waals surface area contributed by atoms with Crippen molar-refractivity contribution >= 4 is 27.4 Å². The molecule has 1 heterocycles. The molecule has 1 aromatic heterocycles. The minimum absolute atomic E-state index is 0.0428. The Kier molecular flexibility index (Phi) is 4.18. The summed E-state index contributed by atoms with van der Waals surface area (Å²) in [5.41, 5.74) is 0. The molecule has 0 aliphatic heterocycles. The lowest BCUT2D eigenvalue weighted by Crippen LogP contribution is -2.31. The van der Waals surface area contributed by atoms with Crippen LogP contribution in [0.4, 0.5) is 10.1 Å². The molecule has 0 radical (unpaired) electrons. The number of hydrogen-bond acceptors (Lipinski definition) is 6. The number of amides is 1. The topological polar surface area (TPSA) is 88.4 Å². The van der Waals surface area contributed by atoms with E-state index in [-0.39, 0.29) is 17.5 Å². The summed E-state index contributed by atoms with van der Waals surface area (Å²) in [5.74, 6) is -0.0830. The van der Waals surface area contributed by atoms with Gasteiger partial charge in [0.25, 0.3) is 0 Å². The van der Waals surface area contributed by atoms with Crippen LogP contribution in [-0.4, -0.2) is 40.9 Å². The number of carbonyl (C=O) groups is 1. The molecule has 0 saturated carbocycles. The Morgan fingerprint density at radius 3 is 2.94 bits per heavy atom. The molecule has 1 aromatic rings. The Morgan fingerprint density at radius 2 is 2.44 bits per heavy atom. The first-order valence-corrected chi connectivity index (χ1v) is 5.44. The van der Waals surface area contributed by atoms with Gasteiger partial charge in [0.05, 0.1) is 11.5 Å². The number of hydrogen-bond donors (Lipinski definition) is 1. The monoisotopic (exact) mass is 244 g/mol. The molecule has 8 heteroatoms. The number of anilines is 1. The second-order valence-corrected chi connectivity index (χ2v) is 4.03. The minimum Gasteiger partial charge on any atom is -0.352 e. The highest BCUT2D eigenvalue weighted by atomic mass is 32.1. The van der Waals surface area contributed by atoms with Crippen LogP contribution in [0.1, 0.15) is 6.92 Å². The van der Waals surface area contributed by atoms with Crippen molar-refractivity contribution in [2.75, 3.05) is 25.5 Å². The molecule has 0 spiro atoms. The standard InChI is InChI=1S/C8H12N4O3S/c1-3-11(2)6(13)4-9-8-10-5-7(16-8)12(14)15/h5H,3-4H2,1-2H3,(H,9,10). The van der Waals surface area contributed by atoms with Gasteiger partial charge in [-0.05, 0) is 18.3 Å². The Balaban J connectivity index is 2.48. The third-order valence-corrected chi connectivity index (χ3v) is 2.87. The molecule has 1 amide bonds. The van der Waals surface area contributed by atoms with Gasteiger partial charge in [0, 0.05) is 13.6 Å². The summed E-state index contributed by atoms with van der Waals surface area (Å²) in [7, 11) is 1.69. The number of thiazole rings is 1. The summed E-state index contributed by atoms with van der Waals surface area (Å²) in [5, 5.41) is 13.5. The van der Waals surface area contributed by atoms with E-state index in [1.165, 1.54) is 6.20 Å². The summed E-state index contributed by atoms with van der Waals surface area (Å²) in [4.78, 5) is 26.6. The molecule has 16 heavy (non-hydrogen) atoms. The zero-order chi connectivity index (χ0) is 12.1. The van der Waals surface area contributed by atoms with Crippen molar-refractivity contribution in [3.05, 3.63) is 16.3 Å². The molecule has 0 unspecified atom stereocenters. The predicted octanol–water partition coefficient (Wildman–Crippen LogP) is 0.942. The van der Waals surface area contributed by atoms with Crippen LogP contribution in [0.3, 0.4) is 0 Å². The van der Waals surface area contributed by atoms with Gasteiger partial charge < -0.3 is 10.2 Å². The number of nitro groups is 1. The van der Waals surface area contributed by atoms with Crippen molar-refractivity contribution in [1.82, 2.24) is 9.88 Å². The SMILES string of the molecule is CCN(C)C(=O)CNc1ncc([N+](=O)[O-])s1. The molecule has 1 N–H and O–H groups in total. The number of carbonyl (C=O) groups excluding carboxylic acids is 1. The van der Waals surface area contributed by atoms with Crippen molar-refractivity contribution in [1.29, 1.82) is 0 Å². The first-order chi connectivity index (χ1) is 7.54. The number of rotatable bonds is 5. The number of likely N-dealkylation sites (N-methyl/N-ethyl adjacent to an activating group) is 1. The summed E-state index contributed by atoms with van der Waals surface area (Å²) >= 11 is 0.910. The summed E-state index contributed by atoms with van der Waals surface area (Å²) in [6.45, 7) is 2.58. The van der Waals surface area contributed by atoms with Gasteiger partial charge in [0.1, 0.15) is 6.20 Å². The summed E-state index contributed by atoms with van der Waals surface area (Å²) in [6, 6.07) is 0. The molecular formula is C8H12N4O3S. The van der Waals surface area contributed by atoms with E-state index in [1.807, 2.05) is 6.92 Å². The molecular weight excluding hydrogens is 232 g/mol. The third kappa shape index (κ3) is 3.16. The Labute approximate surface area is 96.2 Å². The van der Waals surface area contributed by atoms with Gasteiger partial charge in [0.2, 0.25) is 5.91 Å². The van der Waals surface area contributed by atoms with Crippen LogP contribution in [0.15, 0.2) is 6.20 Å². The molecule has 7 nitrogen and oxygen atoms in total. The number of nitrogens with zero attached hydrogens (tertiary/aromatic N) is 3. The van der Waals surface area contributed by atoms with Gasteiger partial charge in [-0.25, -0.2) is 4.98 Å². The van der Waals surface area contributed by atoms with E-state index in [9.17, 15) is 14.9 Å². The van der Waals surface area contributed by atoms with Crippen molar-refractivity contribution in [2.24, 2.45) is 0 Å². The average molecular weight is 244 g/mol. The van der Waals surface area contributed by atoms with Gasteiger partial charge in [-0.3, -0.25) is 14.9 Å². The van der Waals surface area contributed by atoms with Gasteiger partial charge in [-0.1, -0.05) is 0 Å². The molecule has 1 rings (SSSR count). The largest absolute Gasteiger partial charge is 0.352 e. The average Bonchev–Trinajstić information content (AvgIpc) is 2.73. The summed E-state index contributed by atoms with van der Waals surface area (Å²) < 4.78 is 0. The predicted molar refractivity (Wildman–Crippen MR) is 60.6 cm³/mol. The number of nitrogens with one attached hydrogen (secondary N) is 1. The zero-order valence-electron chi connectivity index (χ0n) is 8.97. The number of aromatic nitrogens is 1. The van der Waals surface area contributed by atoms with Gasteiger partial charge >= 0.3 is 5.00 Å². The second kappa shape index (κ2) is 5.40. The first kappa shape index (κ1) is 12.4. The quantitative estimate of drug-likeness (QED) is 0.615. The fraction of sp³-hybridized carbons (Fsp3) is 0.500. The van der Waals surface area contributed by atoms with Crippen LogP contribution in [0.5, 0.6) is 0 Å². The maximum Gasteiger partial charge on any atom is 0.345 e. The van der Waals surface area contributed by atoms with Crippen LogP contribution in [0.2, 0.25) is 0 Å². The highest BCUT2D eigenvalue weighted by Gasteiger charge is 2.12. The van der Waals surface area contributed by atoms with E-state index in [0.717, 1.165) is 11.3 Å². The van der Waals surface area contributed by atoms with Crippen molar-refractivity contribution < 1.29 is 9.72 Å². The van der Waals surface area contributed by atoms with E-state index in [1.54, 1.807) is 11.9 Å². The smallest absolute Gasteiger partial charge is 0.345 e. The highest BCUT2D eigenvalue weighted by molar-refractivity contribution is 7.18. The van der Waals surface area contributed by atoms with Crippen LogP contribution in [0, 0.1) is 10.1 Å². The van der Waals surface area contributed by atoms with Gasteiger partial charge in [0.15, 0.2) is 5.13 Å². The van der Waals surface area contributed by atoms with Gasteiger partial charge in [-0.2, -0.15) is 0 Å². The molecule has 0 atom stereocenters. The normalized spacial score (nSPS) is 9.88.